The molecular formula is C9H11NO2. The molecule has 0 atom stereocenters. The molecule has 1 aromatic rings. The van der Waals surface area contributed by atoms with Gasteiger partial charge in [0.2, 0.25) is 6.41 Å². The van der Waals surface area contributed by atoms with Gasteiger partial charge in [0.15, 0.2) is 0 Å². The summed E-state index contributed by atoms with van der Waals surface area (Å²) >= 11 is 0. The number of nitrogens with one attached hydrogen (secondary N) is 1. The molecule has 0 bridgehead atoms. The van der Waals surface area contributed by atoms with Crippen molar-refractivity contribution in [1.82, 2.24) is 5.48 Å². The zero-order valence-electron chi connectivity index (χ0n) is 6.69. The number of carbonyl (C=O) groups excluding carboxylic acids is 1. The first-order chi connectivity index (χ1) is 5.93. The fraction of sp³-hybridized carbons (Fsp3) is 0.222. The Morgan fingerprint density at radius 3 is 2.75 bits per heavy atom. The van der Waals surface area contributed by atoms with Crippen LogP contribution in [0.5, 0.6) is 0 Å². The predicted octanol–water partition coefficient (Wildman–Crippen LogP) is 0.907. The molecule has 1 N–H and O–H groups in total. The molecule has 1 amide bonds. The van der Waals surface area contributed by atoms with Gasteiger partial charge in [-0.1, -0.05) is 30.3 Å². The molecule has 0 aliphatic carbocycles. The summed E-state index contributed by atoms with van der Waals surface area (Å²) in [6, 6.07) is 9.95. The molecule has 12 heavy (non-hydrogen) atoms. The maximum absolute atomic E-state index is 9.78. The van der Waals surface area contributed by atoms with E-state index in [9.17, 15) is 4.79 Å². The number of amides is 1. The SMILES string of the molecule is O=CNOCCc1ccccc1. The van der Waals surface area contributed by atoms with Gasteiger partial charge in [0.1, 0.15) is 0 Å². The largest absolute Gasteiger partial charge is 0.277 e. The zero-order chi connectivity index (χ0) is 8.65. The van der Waals surface area contributed by atoms with Gasteiger partial charge in [0.05, 0.1) is 6.61 Å². The molecule has 0 fully saturated rings. The first-order valence-corrected chi connectivity index (χ1v) is 3.78. The van der Waals surface area contributed by atoms with E-state index in [1.807, 2.05) is 30.3 Å². The fourth-order valence-corrected chi connectivity index (χ4v) is 0.907. The summed E-state index contributed by atoms with van der Waals surface area (Å²) in [7, 11) is 0. The summed E-state index contributed by atoms with van der Waals surface area (Å²) in [5, 5.41) is 0. The fourth-order valence-electron chi connectivity index (χ4n) is 0.907. The van der Waals surface area contributed by atoms with Crippen LogP contribution in [0.3, 0.4) is 0 Å². The summed E-state index contributed by atoms with van der Waals surface area (Å²) in [6.07, 6.45) is 1.33. The van der Waals surface area contributed by atoms with Gasteiger partial charge in [0, 0.05) is 0 Å². The quantitative estimate of drug-likeness (QED) is 0.400. The Morgan fingerprint density at radius 2 is 2.08 bits per heavy atom. The first kappa shape index (κ1) is 8.74. The summed E-state index contributed by atoms with van der Waals surface area (Å²) in [5.74, 6) is 0. The van der Waals surface area contributed by atoms with Crippen molar-refractivity contribution in [2.75, 3.05) is 6.61 Å². The highest BCUT2D eigenvalue weighted by molar-refractivity contribution is 5.43. The van der Waals surface area contributed by atoms with Crippen molar-refractivity contribution >= 4 is 6.41 Å². The molecule has 0 spiro atoms. The van der Waals surface area contributed by atoms with Crippen LogP contribution in [0.15, 0.2) is 30.3 Å². The average Bonchev–Trinajstić information content (AvgIpc) is 2.14. The average molecular weight is 165 g/mol. The zero-order valence-corrected chi connectivity index (χ0v) is 6.69. The smallest absolute Gasteiger partial charge is 0.230 e. The minimum absolute atomic E-state index is 0.503. The Morgan fingerprint density at radius 1 is 1.33 bits per heavy atom. The lowest BCUT2D eigenvalue weighted by Gasteiger charge is -2.00. The molecule has 1 aromatic carbocycles. The van der Waals surface area contributed by atoms with Crippen LogP contribution >= 0.6 is 0 Å². The first-order valence-electron chi connectivity index (χ1n) is 3.78. The Labute approximate surface area is 71.3 Å². The minimum Gasteiger partial charge on any atom is -0.277 e. The Balaban J connectivity index is 2.20. The van der Waals surface area contributed by atoms with E-state index in [2.05, 4.69) is 5.48 Å². The predicted molar refractivity (Wildman–Crippen MR) is 45.3 cm³/mol. The van der Waals surface area contributed by atoms with Crippen LogP contribution in [0.25, 0.3) is 0 Å². The van der Waals surface area contributed by atoms with Gasteiger partial charge in [-0.05, 0) is 12.0 Å². The lowest BCUT2D eigenvalue weighted by molar-refractivity contribution is -0.120. The number of hydrogen-bond donors (Lipinski definition) is 1. The molecule has 0 aliphatic heterocycles. The van der Waals surface area contributed by atoms with Gasteiger partial charge in [-0.3, -0.25) is 9.63 Å². The van der Waals surface area contributed by atoms with Gasteiger partial charge >= 0.3 is 0 Å². The third-order valence-electron chi connectivity index (χ3n) is 1.47. The topological polar surface area (TPSA) is 38.3 Å². The Hall–Kier alpha value is -1.35. The molecule has 0 heterocycles. The van der Waals surface area contributed by atoms with Gasteiger partial charge < -0.3 is 0 Å². The van der Waals surface area contributed by atoms with Crippen molar-refractivity contribution in [3.63, 3.8) is 0 Å². The number of hydrogen-bond acceptors (Lipinski definition) is 2. The van der Waals surface area contributed by atoms with Gasteiger partial charge in [-0.25, -0.2) is 5.48 Å². The van der Waals surface area contributed by atoms with Crippen LogP contribution in [-0.2, 0) is 16.1 Å². The number of rotatable bonds is 5. The second kappa shape index (κ2) is 5.32. The van der Waals surface area contributed by atoms with E-state index in [-0.39, 0.29) is 0 Å². The van der Waals surface area contributed by atoms with Crippen molar-refractivity contribution < 1.29 is 9.63 Å². The van der Waals surface area contributed by atoms with E-state index >= 15 is 0 Å². The number of benzene rings is 1. The molecule has 0 saturated heterocycles. The van der Waals surface area contributed by atoms with Gasteiger partial charge in [-0.2, -0.15) is 0 Å². The molecule has 0 aromatic heterocycles. The molecule has 3 nitrogen and oxygen atoms in total. The van der Waals surface area contributed by atoms with E-state index in [0.29, 0.717) is 13.0 Å². The van der Waals surface area contributed by atoms with Crippen LogP contribution < -0.4 is 5.48 Å². The summed E-state index contributed by atoms with van der Waals surface area (Å²) in [4.78, 5) is 14.5. The third kappa shape index (κ3) is 3.16. The highest BCUT2D eigenvalue weighted by atomic mass is 16.6. The van der Waals surface area contributed by atoms with E-state index < -0.39 is 0 Å². The third-order valence-corrected chi connectivity index (χ3v) is 1.47. The number of hydroxylamine groups is 1. The van der Waals surface area contributed by atoms with Crippen molar-refractivity contribution in [3.05, 3.63) is 35.9 Å². The standard InChI is InChI=1S/C9H11NO2/c11-8-10-12-7-6-9-4-2-1-3-5-9/h1-5,8H,6-7H2,(H,10,11). The van der Waals surface area contributed by atoms with E-state index in [1.54, 1.807) is 0 Å². The highest BCUT2D eigenvalue weighted by Gasteiger charge is 1.90. The van der Waals surface area contributed by atoms with Crippen molar-refractivity contribution in [2.45, 2.75) is 6.42 Å². The minimum atomic E-state index is 0.503. The monoisotopic (exact) mass is 165 g/mol. The molecule has 0 saturated carbocycles. The maximum Gasteiger partial charge on any atom is 0.230 e. The Kier molecular flexibility index (Phi) is 3.88. The highest BCUT2D eigenvalue weighted by Crippen LogP contribution is 1.98. The molecule has 64 valence electrons. The maximum atomic E-state index is 9.78. The molecule has 0 radical (unpaired) electrons. The lowest BCUT2D eigenvalue weighted by atomic mass is 10.2. The second-order valence-corrected chi connectivity index (χ2v) is 2.32. The summed E-state index contributed by atoms with van der Waals surface area (Å²) in [6.45, 7) is 0.503. The van der Waals surface area contributed by atoms with Crippen LogP contribution in [0, 0.1) is 0 Å². The molecular weight excluding hydrogens is 154 g/mol. The molecule has 0 unspecified atom stereocenters. The van der Waals surface area contributed by atoms with E-state index in [1.165, 1.54) is 5.56 Å². The molecule has 1 rings (SSSR count). The lowest BCUT2D eigenvalue weighted by Crippen LogP contribution is -2.13. The summed E-state index contributed by atoms with van der Waals surface area (Å²) < 4.78 is 0. The van der Waals surface area contributed by atoms with Crippen LogP contribution in [0.2, 0.25) is 0 Å². The van der Waals surface area contributed by atoms with E-state index in [4.69, 9.17) is 4.84 Å². The Bertz CT molecular complexity index is 223. The van der Waals surface area contributed by atoms with Crippen molar-refractivity contribution in [3.8, 4) is 0 Å². The van der Waals surface area contributed by atoms with Crippen molar-refractivity contribution in [2.24, 2.45) is 0 Å². The summed E-state index contributed by atoms with van der Waals surface area (Å²) in [5.41, 5.74) is 3.34. The van der Waals surface area contributed by atoms with Crippen LogP contribution in [-0.4, -0.2) is 13.0 Å². The van der Waals surface area contributed by atoms with E-state index in [0.717, 1.165) is 6.42 Å². The normalized spacial score (nSPS) is 9.33. The van der Waals surface area contributed by atoms with Crippen LogP contribution in [0.4, 0.5) is 0 Å². The molecule has 3 heteroatoms. The second-order valence-electron chi connectivity index (χ2n) is 2.32. The van der Waals surface area contributed by atoms with Gasteiger partial charge in [-0.15, -0.1) is 0 Å². The molecule has 0 aliphatic rings. The van der Waals surface area contributed by atoms with Crippen molar-refractivity contribution in [1.29, 1.82) is 0 Å². The van der Waals surface area contributed by atoms with Gasteiger partial charge in [0.25, 0.3) is 0 Å². The van der Waals surface area contributed by atoms with Crippen LogP contribution in [0.1, 0.15) is 5.56 Å². The number of carbonyl (C=O) groups is 1.